The summed E-state index contributed by atoms with van der Waals surface area (Å²) in [5, 5.41) is 1.37. The topological polar surface area (TPSA) is 38.8 Å². The summed E-state index contributed by atoms with van der Waals surface area (Å²) >= 11 is 1.69. The fourth-order valence-corrected chi connectivity index (χ4v) is 2.84. The van der Waals surface area contributed by atoms with Crippen molar-refractivity contribution in [3.8, 4) is 0 Å². The zero-order valence-corrected chi connectivity index (χ0v) is 12.0. The average Bonchev–Trinajstić information content (AvgIpc) is 2.81. The highest BCUT2D eigenvalue weighted by Crippen LogP contribution is 2.35. The maximum atomic E-state index is 12.0. The molecule has 1 aliphatic rings. The van der Waals surface area contributed by atoms with Crippen LogP contribution in [0.25, 0.3) is 0 Å². The highest BCUT2D eigenvalue weighted by atomic mass is 32.1. The monoisotopic (exact) mass is 269 g/mol. The first-order valence-electron chi connectivity index (χ1n) is 6.08. The molecule has 100 valence electrons. The molecule has 1 aliphatic heterocycles. The van der Waals surface area contributed by atoms with Crippen LogP contribution in [-0.4, -0.2) is 23.4 Å². The second kappa shape index (κ2) is 4.90. The van der Waals surface area contributed by atoms with Crippen molar-refractivity contribution in [3.63, 3.8) is 0 Å². The van der Waals surface area contributed by atoms with E-state index in [0.29, 0.717) is 6.61 Å². The number of thiophene rings is 1. The van der Waals surface area contributed by atoms with Gasteiger partial charge in [0.15, 0.2) is 0 Å². The lowest BCUT2D eigenvalue weighted by atomic mass is 10.2. The average molecular weight is 269 g/mol. The Morgan fingerprint density at radius 2 is 2.22 bits per heavy atom. The highest BCUT2D eigenvalue weighted by molar-refractivity contribution is 7.12. The van der Waals surface area contributed by atoms with Crippen LogP contribution in [0.5, 0.6) is 0 Å². The molecule has 0 radical (unpaired) electrons. The summed E-state index contributed by atoms with van der Waals surface area (Å²) in [5.74, 6) is 0. The molecule has 2 rings (SSSR count). The lowest BCUT2D eigenvalue weighted by Crippen LogP contribution is -2.35. The summed E-state index contributed by atoms with van der Waals surface area (Å²) in [6, 6.07) is 4.10. The van der Waals surface area contributed by atoms with E-state index in [1.165, 1.54) is 9.94 Å². The van der Waals surface area contributed by atoms with E-state index in [0.717, 1.165) is 11.3 Å². The van der Waals surface area contributed by atoms with E-state index in [9.17, 15) is 4.79 Å². The zero-order chi connectivity index (χ0) is 13.3. The maximum absolute atomic E-state index is 12.0. The van der Waals surface area contributed by atoms with Gasteiger partial charge in [0.2, 0.25) is 0 Å². The molecule has 0 bridgehead atoms. The summed E-state index contributed by atoms with van der Waals surface area (Å²) in [5.41, 5.74) is -0.501. The number of rotatable bonds is 1. The highest BCUT2D eigenvalue weighted by Gasteiger charge is 2.35. The molecule has 1 aromatic heterocycles. The van der Waals surface area contributed by atoms with Crippen LogP contribution in [0.2, 0.25) is 0 Å². The van der Waals surface area contributed by atoms with Crippen LogP contribution >= 0.6 is 11.3 Å². The van der Waals surface area contributed by atoms with Crippen molar-refractivity contribution in [3.05, 3.63) is 21.9 Å². The predicted molar refractivity (Wildman–Crippen MR) is 70.4 cm³/mol. The van der Waals surface area contributed by atoms with Gasteiger partial charge in [-0.1, -0.05) is 0 Å². The Hall–Kier alpha value is -1.07. The van der Waals surface area contributed by atoms with E-state index in [4.69, 9.17) is 9.57 Å². The normalized spacial score (nSPS) is 20.2. The Morgan fingerprint density at radius 1 is 1.50 bits per heavy atom. The van der Waals surface area contributed by atoms with Crippen molar-refractivity contribution in [1.82, 2.24) is 5.06 Å². The van der Waals surface area contributed by atoms with E-state index in [-0.39, 0.29) is 6.04 Å². The third-order valence-corrected chi connectivity index (χ3v) is 3.67. The smallest absolute Gasteiger partial charge is 0.435 e. The fraction of sp³-hybridized carbons (Fsp3) is 0.615. The molecule has 1 aromatic rings. The predicted octanol–water partition coefficient (Wildman–Crippen LogP) is 3.67. The second-order valence-electron chi connectivity index (χ2n) is 5.39. The van der Waals surface area contributed by atoms with Crippen molar-refractivity contribution >= 4 is 17.4 Å². The first-order chi connectivity index (χ1) is 8.37. The SMILES string of the molecule is Cc1ccc(C2CCON2C(=O)OC(C)(C)C)s1. The van der Waals surface area contributed by atoms with Gasteiger partial charge in [0, 0.05) is 16.2 Å². The van der Waals surface area contributed by atoms with E-state index < -0.39 is 11.7 Å². The number of amides is 1. The van der Waals surface area contributed by atoms with E-state index in [2.05, 4.69) is 19.1 Å². The van der Waals surface area contributed by atoms with Crippen LogP contribution in [0.4, 0.5) is 4.79 Å². The van der Waals surface area contributed by atoms with Crippen LogP contribution in [0.15, 0.2) is 12.1 Å². The zero-order valence-electron chi connectivity index (χ0n) is 11.2. The van der Waals surface area contributed by atoms with Gasteiger partial charge in [-0.3, -0.25) is 4.84 Å². The van der Waals surface area contributed by atoms with Crippen molar-refractivity contribution in [2.75, 3.05) is 6.61 Å². The number of carbonyl (C=O) groups is 1. The van der Waals surface area contributed by atoms with Crippen molar-refractivity contribution in [2.45, 2.75) is 45.8 Å². The van der Waals surface area contributed by atoms with Crippen LogP contribution in [0.1, 0.15) is 43.0 Å². The minimum Gasteiger partial charge on any atom is -0.442 e. The number of ether oxygens (including phenoxy) is 1. The molecule has 0 spiro atoms. The fourth-order valence-electron chi connectivity index (χ4n) is 1.85. The Bertz CT molecular complexity index is 436. The first-order valence-corrected chi connectivity index (χ1v) is 6.90. The third-order valence-electron chi connectivity index (χ3n) is 2.57. The van der Waals surface area contributed by atoms with Gasteiger partial charge < -0.3 is 4.74 Å². The molecule has 4 nitrogen and oxygen atoms in total. The molecule has 1 amide bonds. The van der Waals surface area contributed by atoms with Gasteiger partial charge in [0.1, 0.15) is 5.60 Å². The third kappa shape index (κ3) is 3.03. The van der Waals surface area contributed by atoms with E-state index in [1.807, 2.05) is 20.8 Å². The molecule has 18 heavy (non-hydrogen) atoms. The van der Waals surface area contributed by atoms with Gasteiger partial charge in [-0.05, 0) is 39.8 Å². The van der Waals surface area contributed by atoms with Gasteiger partial charge in [0.05, 0.1) is 12.6 Å². The van der Waals surface area contributed by atoms with Gasteiger partial charge in [-0.25, -0.2) is 4.79 Å². The van der Waals surface area contributed by atoms with Gasteiger partial charge in [-0.15, -0.1) is 11.3 Å². The number of hydrogen-bond donors (Lipinski definition) is 0. The number of nitrogens with zero attached hydrogens (tertiary/aromatic N) is 1. The molecule has 1 atom stereocenters. The van der Waals surface area contributed by atoms with Crippen LogP contribution in [0.3, 0.4) is 0 Å². The van der Waals surface area contributed by atoms with Crippen LogP contribution in [-0.2, 0) is 9.57 Å². The number of aryl methyl sites for hydroxylation is 1. The molecule has 0 N–H and O–H groups in total. The van der Waals surface area contributed by atoms with E-state index in [1.54, 1.807) is 11.3 Å². The van der Waals surface area contributed by atoms with Gasteiger partial charge >= 0.3 is 6.09 Å². The summed E-state index contributed by atoms with van der Waals surface area (Å²) in [6.07, 6.45) is 0.412. The maximum Gasteiger partial charge on any atom is 0.435 e. The second-order valence-corrected chi connectivity index (χ2v) is 6.71. The number of hydroxylamine groups is 2. The largest absolute Gasteiger partial charge is 0.442 e. The molecule has 0 aromatic carbocycles. The molecule has 1 fully saturated rings. The quantitative estimate of drug-likeness (QED) is 0.780. The summed E-state index contributed by atoms with van der Waals surface area (Å²) in [7, 11) is 0. The van der Waals surface area contributed by atoms with Crippen LogP contribution < -0.4 is 0 Å². The lowest BCUT2D eigenvalue weighted by Gasteiger charge is -2.26. The molecule has 1 unspecified atom stereocenters. The van der Waals surface area contributed by atoms with Gasteiger partial charge in [-0.2, -0.15) is 5.06 Å². The Kier molecular flexibility index (Phi) is 3.64. The molecule has 0 saturated carbocycles. The lowest BCUT2D eigenvalue weighted by molar-refractivity contribution is -0.124. The molecule has 0 aliphatic carbocycles. The minimum absolute atomic E-state index is 0.0152. The number of carbonyl (C=O) groups excluding carboxylic acids is 1. The molecular weight excluding hydrogens is 250 g/mol. The standard InChI is InChI=1S/C13H19NO3S/c1-9-5-6-11(18-9)10-7-8-16-14(10)12(15)17-13(2,3)4/h5-6,10H,7-8H2,1-4H3. The first kappa shape index (κ1) is 13.4. The number of hydrogen-bond acceptors (Lipinski definition) is 4. The van der Waals surface area contributed by atoms with Gasteiger partial charge in [0.25, 0.3) is 0 Å². The Balaban J connectivity index is 2.10. The Labute approximate surface area is 111 Å². The Morgan fingerprint density at radius 3 is 2.78 bits per heavy atom. The molecule has 2 heterocycles. The minimum atomic E-state index is -0.501. The van der Waals surface area contributed by atoms with Crippen molar-refractivity contribution in [2.24, 2.45) is 0 Å². The molecule has 5 heteroatoms. The summed E-state index contributed by atoms with van der Waals surface area (Å²) in [6.45, 7) is 8.17. The van der Waals surface area contributed by atoms with Crippen LogP contribution in [0, 0.1) is 6.92 Å². The molecule has 1 saturated heterocycles. The van der Waals surface area contributed by atoms with Crippen molar-refractivity contribution < 1.29 is 14.4 Å². The van der Waals surface area contributed by atoms with E-state index >= 15 is 0 Å². The van der Waals surface area contributed by atoms with Crippen molar-refractivity contribution in [1.29, 1.82) is 0 Å². The summed E-state index contributed by atoms with van der Waals surface area (Å²) in [4.78, 5) is 19.8. The summed E-state index contributed by atoms with van der Waals surface area (Å²) < 4.78 is 5.35. The molecular formula is C13H19NO3S.